The van der Waals surface area contributed by atoms with Gasteiger partial charge in [0, 0.05) is 18.5 Å². The second kappa shape index (κ2) is 7.70. The molecule has 0 spiro atoms. The van der Waals surface area contributed by atoms with Crippen LogP contribution in [0.4, 0.5) is 0 Å². The van der Waals surface area contributed by atoms with Crippen molar-refractivity contribution >= 4 is 15.9 Å². The van der Waals surface area contributed by atoms with E-state index in [1.54, 1.807) is 0 Å². The predicted molar refractivity (Wildman–Crippen MR) is 65.0 cm³/mol. The molecule has 1 atom stereocenters. The fourth-order valence-electron chi connectivity index (χ4n) is 2.35. The van der Waals surface area contributed by atoms with Crippen LogP contribution in [-0.2, 0) is 4.74 Å². The molecule has 0 heterocycles. The summed E-state index contributed by atoms with van der Waals surface area (Å²) >= 11 is 3.64. The van der Waals surface area contributed by atoms with Crippen LogP contribution in [0.3, 0.4) is 0 Å². The average molecular weight is 263 g/mol. The summed E-state index contributed by atoms with van der Waals surface area (Å²) < 4.78 is 5.55. The average Bonchev–Trinajstić information content (AvgIpc) is 2.71. The Labute approximate surface area is 96.7 Å². The van der Waals surface area contributed by atoms with E-state index < -0.39 is 0 Å². The maximum Gasteiger partial charge on any atom is 0.0469 e. The molecule has 2 heteroatoms. The zero-order valence-corrected chi connectivity index (χ0v) is 10.9. The van der Waals surface area contributed by atoms with Crippen LogP contribution in [0.1, 0.15) is 45.4 Å². The molecule has 1 aliphatic rings. The molecule has 0 N–H and O–H groups in total. The van der Waals surface area contributed by atoms with Crippen molar-refractivity contribution in [1.29, 1.82) is 0 Å². The first kappa shape index (κ1) is 12.5. The lowest BCUT2D eigenvalue weighted by atomic mass is 9.90. The highest BCUT2D eigenvalue weighted by Crippen LogP contribution is 2.33. The Morgan fingerprint density at radius 3 is 2.57 bits per heavy atom. The molecule has 0 amide bonds. The van der Waals surface area contributed by atoms with Crippen LogP contribution >= 0.6 is 15.9 Å². The lowest BCUT2D eigenvalue weighted by Crippen LogP contribution is -2.15. The van der Waals surface area contributed by atoms with Crippen molar-refractivity contribution in [1.82, 2.24) is 0 Å². The summed E-state index contributed by atoms with van der Waals surface area (Å²) in [7, 11) is 0. The van der Waals surface area contributed by atoms with E-state index in [0.29, 0.717) is 0 Å². The number of hydrogen-bond donors (Lipinski definition) is 0. The molecule has 0 saturated heterocycles. The molecular formula is C12H23BrO. The van der Waals surface area contributed by atoms with Crippen LogP contribution in [0.5, 0.6) is 0 Å². The Morgan fingerprint density at radius 2 is 2.00 bits per heavy atom. The Morgan fingerprint density at radius 1 is 1.29 bits per heavy atom. The van der Waals surface area contributed by atoms with Gasteiger partial charge in [0.1, 0.15) is 0 Å². The molecule has 1 aliphatic carbocycles. The number of halogens is 1. The van der Waals surface area contributed by atoms with E-state index in [1.165, 1.54) is 32.1 Å². The van der Waals surface area contributed by atoms with Crippen molar-refractivity contribution in [3.05, 3.63) is 0 Å². The van der Waals surface area contributed by atoms with Crippen LogP contribution in [0.25, 0.3) is 0 Å². The van der Waals surface area contributed by atoms with Crippen LogP contribution < -0.4 is 0 Å². The van der Waals surface area contributed by atoms with Crippen molar-refractivity contribution in [2.75, 3.05) is 18.5 Å². The molecule has 0 aliphatic heterocycles. The molecule has 0 aromatic rings. The summed E-state index contributed by atoms with van der Waals surface area (Å²) in [5, 5.41) is 1.16. The van der Waals surface area contributed by atoms with Gasteiger partial charge in [-0.05, 0) is 24.7 Å². The largest absolute Gasteiger partial charge is 0.381 e. The fraction of sp³-hybridized carbons (Fsp3) is 1.00. The lowest BCUT2D eigenvalue weighted by molar-refractivity contribution is 0.115. The zero-order valence-electron chi connectivity index (χ0n) is 9.30. The maximum absolute atomic E-state index is 5.55. The van der Waals surface area contributed by atoms with E-state index in [-0.39, 0.29) is 0 Å². The van der Waals surface area contributed by atoms with E-state index in [9.17, 15) is 0 Å². The van der Waals surface area contributed by atoms with E-state index >= 15 is 0 Å². The molecule has 14 heavy (non-hydrogen) atoms. The van der Waals surface area contributed by atoms with E-state index in [4.69, 9.17) is 4.74 Å². The summed E-state index contributed by atoms with van der Waals surface area (Å²) in [6.07, 6.45) is 8.18. The monoisotopic (exact) mass is 262 g/mol. The molecule has 1 rings (SSSR count). The van der Waals surface area contributed by atoms with Crippen LogP contribution in [0, 0.1) is 11.8 Å². The van der Waals surface area contributed by atoms with Gasteiger partial charge in [-0.25, -0.2) is 0 Å². The second-order valence-electron chi connectivity index (χ2n) is 4.36. The quantitative estimate of drug-likeness (QED) is 0.498. The minimum Gasteiger partial charge on any atom is -0.381 e. The lowest BCUT2D eigenvalue weighted by Gasteiger charge is -2.20. The molecule has 1 unspecified atom stereocenters. The van der Waals surface area contributed by atoms with Gasteiger partial charge in [0.25, 0.3) is 0 Å². The van der Waals surface area contributed by atoms with E-state index in [1.807, 2.05) is 0 Å². The minimum absolute atomic E-state index is 0.856. The number of rotatable bonds is 7. The standard InChI is InChI=1S/C12H23BrO/c1-2-8-14-9-7-12(10-13)11-5-3-4-6-11/h11-12H,2-10H2,1H3. The summed E-state index contributed by atoms with van der Waals surface area (Å²) in [6.45, 7) is 4.05. The minimum atomic E-state index is 0.856. The SMILES string of the molecule is CCCOCCC(CBr)C1CCCC1. The van der Waals surface area contributed by atoms with Gasteiger partial charge < -0.3 is 4.74 Å². The molecule has 0 radical (unpaired) electrons. The van der Waals surface area contributed by atoms with Gasteiger partial charge in [-0.1, -0.05) is 48.5 Å². The van der Waals surface area contributed by atoms with Crippen LogP contribution in [0.15, 0.2) is 0 Å². The van der Waals surface area contributed by atoms with Crippen LogP contribution in [0.2, 0.25) is 0 Å². The molecule has 1 saturated carbocycles. The van der Waals surface area contributed by atoms with Gasteiger partial charge in [0.2, 0.25) is 0 Å². The summed E-state index contributed by atoms with van der Waals surface area (Å²) in [5.41, 5.74) is 0. The van der Waals surface area contributed by atoms with Gasteiger partial charge in [0.05, 0.1) is 0 Å². The van der Waals surface area contributed by atoms with Crippen molar-refractivity contribution < 1.29 is 4.74 Å². The first-order valence-electron chi connectivity index (χ1n) is 6.02. The molecule has 0 aromatic heterocycles. The first-order valence-corrected chi connectivity index (χ1v) is 7.14. The van der Waals surface area contributed by atoms with Crippen molar-refractivity contribution in [2.45, 2.75) is 45.4 Å². The van der Waals surface area contributed by atoms with E-state index in [0.717, 1.165) is 36.8 Å². The van der Waals surface area contributed by atoms with Crippen molar-refractivity contribution in [3.8, 4) is 0 Å². The van der Waals surface area contributed by atoms with E-state index in [2.05, 4.69) is 22.9 Å². The second-order valence-corrected chi connectivity index (χ2v) is 5.01. The molecule has 1 nitrogen and oxygen atoms in total. The third-order valence-electron chi connectivity index (χ3n) is 3.25. The maximum atomic E-state index is 5.55. The number of hydrogen-bond acceptors (Lipinski definition) is 1. The van der Waals surface area contributed by atoms with Gasteiger partial charge in [-0.15, -0.1) is 0 Å². The number of ether oxygens (including phenoxy) is 1. The third kappa shape index (κ3) is 4.31. The Kier molecular flexibility index (Phi) is 6.88. The molecule has 1 fully saturated rings. The van der Waals surface area contributed by atoms with Gasteiger partial charge >= 0.3 is 0 Å². The topological polar surface area (TPSA) is 9.23 Å². The highest BCUT2D eigenvalue weighted by Gasteiger charge is 2.23. The van der Waals surface area contributed by atoms with Gasteiger partial charge in [0.15, 0.2) is 0 Å². The van der Waals surface area contributed by atoms with Crippen LogP contribution in [-0.4, -0.2) is 18.5 Å². The summed E-state index contributed by atoms with van der Waals surface area (Å²) in [4.78, 5) is 0. The Balaban J connectivity index is 2.11. The fourth-order valence-corrected chi connectivity index (χ4v) is 3.20. The molecule has 84 valence electrons. The Hall–Kier alpha value is 0.440. The smallest absolute Gasteiger partial charge is 0.0469 e. The summed E-state index contributed by atoms with van der Waals surface area (Å²) in [6, 6.07) is 0. The highest BCUT2D eigenvalue weighted by atomic mass is 79.9. The molecule has 0 aromatic carbocycles. The molecular weight excluding hydrogens is 240 g/mol. The Bertz CT molecular complexity index is 132. The third-order valence-corrected chi connectivity index (χ3v) is 4.08. The van der Waals surface area contributed by atoms with Gasteiger partial charge in [-0.2, -0.15) is 0 Å². The normalized spacial score (nSPS) is 20.1. The zero-order chi connectivity index (χ0) is 10.2. The van der Waals surface area contributed by atoms with Crippen molar-refractivity contribution in [3.63, 3.8) is 0 Å². The van der Waals surface area contributed by atoms with Crippen molar-refractivity contribution in [2.24, 2.45) is 11.8 Å². The first-order chi connectivity index (χ1) is 6.88. The van der Waals surface area contributed by atoms with Gasteiger partial charge in [-0.3, -0.25) is 0 Å². The summed E-state index contributed by atoms with van der Waals surface area (Å²) in [5.74, 6) is 1.83. The molecule has 0 bridgehead atoms. The predicted octanol–water partition coefficient (Wildman–Crippen LogP) is 4.00. The number of alkyl halides is 1. The highest BCUT2D eigenvalue weighted by molar-refractivity contribution is 9.09.